The molecule has 1 aliphatic rings. The first-order valence-electron chi connectivity index (χ1n) is 14.1. The van der Waals surface area contributed by atoms with Crippen molar-refractivity contribution in [2.75, 3.05) is 30.3 Å². The Morgan fingerprint density at radius 3 is 2.28 bits per heavy atom. The lowest BCUT2D eigenvalue weighted by molar-refractivity contribution is 0.0488. The van der Waals surface area contributed by atoms with E-state index in [4.69, 9.17) is 14.2 Å². The predicted octanol–water partition coefficient (Wildman–Crippen LogP) is 5.80. The minimum atomic E-state index is -0.609. The fraction of sp³-hybridized carbons (Fsp3) is 0.387. The lowest BCUT2D eigenvalue weighted by atomic mass is 9.90. The topological polar surface area (TPSA) is 155 Å². The number of hydrogen-bond acceptors (Lipinski definition) is 11. The number of carbonyl (C=O) groups excluding carboxylic acids is 1. The predicted molar refractivity (Wildman–Crippen MR) is 166 cm³/mol. The van der Waals surface area contributed by atoms with E-state index in [0.717, 1.165) is 31.2 Å². The maximum Gasteiger partial charge on any atom is 0.407 e. The normalized spacial score (nSPS) is 16.6. The molecule has 0 aliphatic heterocycles. The van der Waals surface area contributed by atoms with Crippen LogP contribution in [0.25, 0.3) is 0 Å². The number of amides is 1. The Bertz CT molecular complexity index is 1440. The van der Waals surface area contributed by atoms with E-state index in [1.165, 1.54) is 0 Å². The van der Waals surface area contributed by atoms with Crippen molar-refractivity contribution < 1.29 is 19.0 Å². The van der Waals surface area contributed by atoms with Gasteiger partial charge in [0.1, 0.15) is 28.7 Å². The summed E-state index contributed by atoms with van der Waals surface area (Å²) in [6.45, 7) is 5.49. The molecule has 226 valence electrons. The molecule has 1 aromatic heterocycles. The van der Waals surface area contributed by atoms with Gasteiger partial charge in [0.25, 0.3) is 0 Å². The van der Waals surface area contributed by atoms with Gasteiger partial charge in [0.05, 0.1) is 26.5 Å². The molecule has 1 amide bonds. The average molecular weight is 587 g/mol. The molecule has 2 unspecified atom stereocenters. The van der Waals surface area contributed by atoms with Crippen LogP contribution < -0.4 is 30.8 Å². The van der Waals surface area contributed by atoms with Crippen molar-refractivity contribution in [3.05, 3.63) is 59.7 Å². The third-order valence-electron chi connectivity index (χ3n) is 6.60. The van der Waals surface area contributed by atoms with E-state index in [9.17, 15) is 10.1 Å². The van der Waals surface area contributed by atoms with Gasteiger partial charge in [0, 0.05) is 29.9 Å². The van der Waals surface area contributed by atoms with Gasteiger partial charge in [-0.15, -0.1) is 0 Å². The van der Waals surface area contributed by atoms with Crippen LogP contribution in [0.2, 0.25) is 0 Å². The van der Waals surface area contributed by atoms with Gasteiger partial charge in [-0.25, -0.2) is 4.79 Å². The van der Waals surface area contributed by atoms with Crippen molar-refractivity contribution in [3.8, 4) is 17.6 Å². The molecule has 0 spiro atoms. The van der Waals surface area contributed by atoms with E-state index in [1.807, 2.05) is 51.1 Å². The van der Waals surface area contributed by atoms with Crippen molar-refractivity contribution in [3.63, 3.8) is 0 Å². The molecule has 1 heterocycles. The molecule has 2 atom stereocenters. The number of ether oxygens (including phenoxy) is 3. The summed E-state index contributed by atoms with van der Waals surface area (Å²) in [5.74, 6) is 1.85. The van der Waals surface area contributed by atoms with Crippen LogP contribution in [0.5, 0.6) is 11.5 Å². The quantitative estimate of drug-likeness (QED) is 0.169. The first kappa shape index (κ1) is 30.9. The van der Waals surface area contributed by atoms with E-state index in [-0.39, 0.29) is 35.2 Å². The van der Waals surface area contributed by atoms with Gasteiger partial charge >= 0.3 is 6.09 Å². The Morgan fingerprint density at radius 1 is 1.00 bits per heavy atom. The largest absolute Gasteiger partial charge is 0.497 e. The number of alkyl carbamates (subject to hydrolysis) is 1. The number of nitriles is 1. The lowest BCUT2D eigenvalue weighted by Gasteiger charge is -2.33. The number of nitrogens with one attached hydrogen (secondary N) is 4. The van der Waals surface area contributed by atoms with Crippen LogP contribution >= 0.6 is 0 Å². The van der Waals surface area contributed by atoms with Crippen LogP contribution in [0.1, 0.15) is 57.6 Å². The summed E-state index contributed by atoms with van der Waals surface area (Å²) in [6, 6.07) is 16.7. The Morgan fingerprint density at radius 2 is 1.65 bits per heavy atom. The summed E-state index contributed by atoms with van der Waals surface area (Å²) in [7, 11) is 3.12. The summed E-state index contributed by atoms with van der Waals surface area (Å²) in [5, 5.41) is 24.1. The maximum absolute atomic E-state index is 12.6. The molecule has 4 N–H and O–H groups in total. The van der Waals surface area contributed by atoms with E-state index >= 15 is 0 Å². The van der Waals surface area contributed by atoms with E-state index in [1.54, 1.807) is 38.6 Å². The highest BCUT2D eigenvalue weighted by Gasteiger charge is 2.29. The molecule has 0 radical (unpaired) electrons. The first-order chi connectivity index (χ1) is 20.7. The van der Waals surface area contributed by atoms with Gasteiger partial charge in [-0.2, -0.15) is 20.3 Å². The van der Waals surface area contributed by atoms with Gasteiger partial charge in [-0.3, -0.25) is 5.43 Å². The molecule has 43 heavy (non-hydrogen) atoms. The highest BCUT2D eigenvalue weighted by Crippen LogP contribution is 2.31. The highest BCUT2D eigenvalue weighted by molar-refractivity contribution is 5.80. The third kappa shape index (κ3) is 8.97. The smallest absolute Gasteiger partial charge is 0.407 e. The summed E-state index contributed by atoms with van der Waals surface area (Å²) >= 11 is 0. The number of aromatic nitrogens is 2. The summed E-state index contributed by atoms with van der Waals surface area (Å²) in [6.07, 6.45) is 4.67. The molecule has 2 aromatic carbocycles. The second kappa shape index (κ2) is 14.2. The standard InChI is InChI=1S/C31H38N8O4/c1-31(2,3)43-30(40)36-26-14-10-9-13-25(26)35-29-37-27(34-21-15-22(41-4)17-23(16-21)42-5)24(18-32)28(38-29)39-33-19-20-11-7-6-8-12-20/h6-8,11-12,15-17,19,25-26H,9-10,13-14H2,1-5H3,(H,36,40)(H3,34,35,37,38,39). The Labute approximate surface area is 251 Å². The zero-order valence-corrected chi connectivity index (χ0v) is 25.1. The Balaban J connectivity index is 1.66. The Kier molecular flexibility index (Phi) is 10.2. The minimum absolute atomic E-state index is 0.157. The Hall–Kier alpha value is -5.05. The van der Waals surface area contributed by atoms with Crippen LogP contribution in [-0.4, -0.2) is 54.2 Å². The number of methoxy groups -OCH3 is 2. The van der Waals surface area contributed by atoms with E-state index in [2.05, 4.69) is 42.5 Å². The monoisotopic (exact) mass is 586 g/mol. The van der Waals surface area contributed by atoms with Crippen LogP contribution in [0.3, 0.4) is 0 Å². The third-order valence-corrected chi connectivity index (χ3v) is 6.60. The van der Waals surface area contributed by atoms with Crippen LogP contribution in [0, 0.1) is 11.3 Å². The second-order valence-corrected chi connectivity index (χ2v) is 11.0. The molecule has 1 aliphatic carbocycles. The molecule has 1 saturated carbocycles. The van der Waals surface area contributed by atoms with Gasteiger partial charge in [0.15, 0.2) is 11.6 Å². The number of hydrazone groups is 1. The average Bonchev–Trinajstić information content (AvgIpc) is 2.97. The van der Waals surface area contributed by atoms with Gasteiger partial charge in [0.2, 0.25) is 5.95 Å². The van der Waals surface area contributed by atoms with Gasteiger partial charge in [-0.1, -0.05) is 43.2 Å². The van der Waals surface area contributed by atoms with Crippen molar-refractivity contribution in [1.82, 2.24) is 15.3 Å². The number of benzene rings is 2. The van der Waals surface area contributed by atoms with Gasteiger partial charge < -0.3 is 30.2 Å². The first-order valence-corrected chi connectivity index (χ1v) is 14.1. The lowest BCUT2D eigenvalue weighted by Crippen LogP contribution is -2.50. The van der Waals surface area contributed by atoms with E-state index < -0.39 is 11.7 Å². The number of hydrogen-bond donors (Lipinski definition) is 4. The molecule has 0 bridgehead atoms. The molecule has 1 fully saturated rings. The zero-order chi connectivity index (χ0) is 30.8. The SMILES string of the molecule is COc1cc(Nc2nc(NC3CCCCC3NC(=O)OC(C)(C)C)nc(NN=Cc3ccccc3)c2C#N)cc(OC)c1. The molecule has 4 rings (SSSR count). The molecule has 0 saturated heterocycles. The fourth-order valence-electron chi connectivity index (χ4n) is 4.63. The second-order valence-electron chi connectivity index (χ2n) is 11.0. The molecule has 12 nitrogen and oxygen atoms in total. The van der Waals surface area contributed by atoms with Gasteiger partial charge in [-0.05, 0) is 39.2 Å². The van der Waals surface area contributed by atoms with Crippen molar-refractivity contribution in [2.24, 2.45) is 5.10 Å². The fourth-order valence-corrected chi connectivity index (χ4v) is 4.63. The van der Waals surface area contributed by atoms with Crippen LogP contribution in [0.15, 0.2) is 53.6 Å². The minimum Gasteiger partial charge on any atom is -0.497 e. The summed E-state index contributed by atoms with van der Waals surface area (Å²) < 4.78 is 16.3. The number of rotatable bonds is 10. The highest BCUT2D eigenvalue weighted by atomic mass is 16.6. The summed E-state index contributed by atoms with van der Waals surface area (Å²) in [5.41, 5.74) is 3.93. The molecule has 12 heteroatoms. The number of anilines is 4. The maximum atomic E-state index is 12.6. The van der Waals surface area contributed by atoms with E-state index in [0.29, 0.717) is 17.2 Å². The van der Waals surface area contributed by atoms with Crippen LogP contribution in [-0.2, 0) is 4.74 Å². The zero-order valence-electron chi connectivity index (χ0n) is 25.1. The number of nitrogens with zero attached hydrogens (tertiary/aromatic N) is 4. The number of carbonyl (C=O) groups is 1. The van der Waals surface area contributed by atoms with Crippen molar-refractivity contribution >= 4 is 35.6 Å². The summed E-state index contributed by atoms with van der Waals surface area (Å²) in [4.78, 5) is 21.9. The molecule has 3 aromatic rings. The van der Waals surface area contributed by atoms with Crippen LogP contribution in [0.4, 0.5) is 28.1 Å². The van der Waals surface area contributed by atoms with Crippen molar-refractivity contribution in [1.29, 1.82) is 5.26 Å². The molecular weight excluding hydrogens is 548 g/mol. The molecular formula is C31H38N8O4. The van der Waals surface area contributed by atoms with Crippen molar-refractivity contribution in [2.45, 2.75) is 64.1 Å².